The summed E-state index contributed by atoms with van der Waals surface area (Å²) in [5, 5.41) is 4.77. The zero-order valence-corrected chi connectivity index (χ0v) is 14.3. The predicted octanol–water partition coefficient (Wildman–Crippen LogP) is 4.01. The average Bonchev–Trinajstić information content (AvgIpc) is 3.02. The first-order valence-electron chi connectivity index (χ1n) is 7.69. The molecule has 4 heteroatoms. The molecule has 0 unspecified atom stereocenters. The zero-order chi connectivity index (χ0) is 14.8. The van der Waals surface area contributed by atoms with Crippen LogP contribution in [0.2, 0.25) is 0 Å². The van der Waals surface area contributed by atoms with Crippen LogP contribution in [0.5, 0.6) is 0 Å². The molecule has 0 radical (unpaired) electrons. The lowest BCUT2D eigenvalue weighted by molar-refractivity contribution is -0.00895. The third kappa shape index (κ3) is 3.41. The van der Waals surface area contributed by atoms with Crippen LogP contribution < -0.4 is 5.32 Å². The van der Waals surface area contributed by atoms with Crippen molar-refractivity contribution in [1.82, 2.24) is 10.3 Å². The highest BCUT2D eigenvalue weighted by molar-refractivity contribution is 7.11. The molecule has 2 rings (SSSR count). The minimum Gasteiger partial charge on any atom is -0.371 e. The summed E-state index contributed by atoms with van der Waals surface area (Å²) in [5.74, 6) is 0. The van der Waals surface area contributed by atoms with Crippen molar-refractivity contribution in [2.24, 2.45) is 0 Å². The third-order valence-corrected chi connectivity index (χ3v) is 5.37. The van der Waals surface area contributed by atoms with Gasteiger partial charge < -0.3 is 10.1 Å². The van der Waals surface area contributed by atoms with Gasteiger partial charge in [0.05, 0.1) is 5.69 Å². The summed E-state index contributed by atoms with van der Waals surface area (Å²) in [7, 11) is 1.84. The number of hydrogen-bond donors (Lipinski definition) is 1. The van der Waals surface area contributed by atoms with Crippen molar-refractivity contribution in [2.75, 3.05) is 7.11 Å². The van der Waals surface area contributed by atoms with E-state index < -0.39 is 0 Å². The molecule has 1 saturated carbocycles. The van der Waals surface area contributed by atoms with E-state index in [0.29, 0.717) is 0 Å². The molecule has 1 aromatic heterocycles. The number of aryl methyl sites for hydroxylation is 1. The van der Waals surface area contributed by atoms with Crippen molar-refractivity contribution in [1.29, 1.82) is 0 Å². The van der Waals surface area contributed by atoms with Gasteiger partial charge in [0.2, 0.25) is 0 Å². The number of hydrogen-bond acceptors (Lipinski definition) is 4. The van der Waals surface area contributed by atoms with Crippen LogP contribution in [0.1, 0.15) is 69.0 Å². The van der Waals surface area contributed by atoms with Gasteiger partial charge in [-0.3, -0.25) is 0 Å². The summed E-state index contributed by atoms with van der Waals surface area (Å²) in [6.45, 7) is 9.70. The summed E-state index contributed by atoms with van der Waals surface area (Å²) in [6.07, 6.45) is 5.74. The molecule has 1 N–H and O–H groups in total. The van der Waals surface area contributed by atoms with E-state index in [2.05, 4.69) is 33.0 Å². The van der Waals surface area contributed by atoms with Crippen LogP contribution in [0.15, 0.2) is 0 Å². The van der Waals surface area contributed by atoms with Gasteiger partial charge in [-0.25, -0.2) is 4.98 Å². The van der Waals surface area contributed by atoms with E-state index in [1.807, 2.05) is 18.4 Å². The largest absolute Gasteiger partial charge is 0.371 e. The summed E-state index contributed by atoms with van der Waals surface area (Å²) in [5.41, 5.74) is 1.28. The number of methoxy groups -OCH3 is 1. The molecule has 0 atom stereocenters. The molecule has 114 valence electrons. The SMILES string of the molecule is CCc1nc(C2(OC)CCCC2)sc1CNC(C)(C)C. The Labute approximate surface area is 127 Å². The van der Waals surface area contributed by atoms with Crippen LogP contribution in [0, 0.1) is 0 Å². The van der Waals surface area contributed by atoms with E-state index in [0.717, 1.165) is 25.8 Å². The first-order chi connectivity index (χ1) is 9.40. The van der Waals surface area contributed by atoms with E-state index in [4.69, 9.17) is 9.72 Å². The van der Waals surface area contributed by atoms with Crippen LogP contribution in [0.25, 0.3) is 0 Å². The number of ether oxygens (including phenoxy) is 1. The molecule has 1 aromatic rings. The second kappa shape index (κ2) is 6.12. The number of aromatic nitrogens is 1. The molecule has 0 bridgehead atoms. The van der Waals surface area contributed by atoms with E-state index in [1.165, 1.54) is 28.4 Å². The van der Waals surface area contributed by atoms with E-state index in [-0.39, 0.29) is 11.1 Å². The van der Waals surface area contributed by atoms with Gasteiger partial charge in [0.25, 0.3) is 0 Å². The lowest BCUT2D eigenvalue weighted by Crippen LogP contribution is -2.35. The highest BCUT2D eigenvalue weighted by Crippen LogP contribution is 2.43. The van der Waals surface area contributed by atoms with Crippen molar-refractivity contribution in [3.8, 4) is 0 Å². The summed E-state index contributed by atoms with van der Waals surface area (Å²) >= 11 is 1.85. The first kappa shape index (κ1) is 15.9. The van der Waals surface area contributed by atoms with Crippen molar-refractivity contribution < 1.29 is 4.74 Å². The van der Waals surface area contributed by atoms with Gasteiger partial charge in [-0.05, 0) is 40.0 Å². The van der Waals surface area contributed by atoms with Crippen molar-refractivity contribution >= 4 is 11.3 Å². The van der Waals surface area contributed by atoms with Crippen LogP contribution in [0.4, 0.5) is 0 Å². The Balaban J connectivity index is 2.22. The number of rotatable bonds is 5. The van der Waals surface area contributed by atoms with Gasteiger partial charge in [-0.2, -0.15) is 0 Å². The molecular weight excluding hydrogens is 268 g/mol. The van der Waals surface area contributed by atoms with E-state index in [1.54, 1.807) is 0 Å². The maximum atomic E-state index is 5.87. The fraction of sp³-hybridized carbons (Fsp3) is 0.812. The summed E-state index contributed by atoms with van der Waals surface area (Å²) in [6, 6.07) is 0. The monoisotopic (exact) mass is 296 g/mol. The minimum absolute atomic E-state index is 0.103. The van der Waals surface area contributed by atoms with Crippen LogP contribution in [-0.4, -0.2) is 17.6 Å². The minimum atomic E-state index is -0.103. The Kier molecular flexibility index (Phi) is 4.88. The molecule has 1 fully saturated rings. The van der Waals surface area contributed by atoms with Crippen molar-refractivity contribution in [3.63, 3.8) is 0 Å². The predicted molar refractivity (Wildman–Crippen MR) is 85.2 cm³/mol. The second-order valence-electron chi connectivity index (χ2n) is 6.75. The Morgan fingerprint density at radius 3 is 2.45 bits per heavy atom. The highest BCUT2D eigenvalue weighted by Gasteiger charge is 2.39. The Bertz CT molecular complexity index is 442. The smallest absolute Gasteiger partial charge is 0.125 e. The molecule has 1 heterocycles. The van der Waals surface area contributed by atoms with E-state index in [9.17, 15) is 0 Å². The zero-order valence-electron chi connectivity index (χ0n) is 13.5. The average molecular weight is 296 g/mol. The summed E-state index contributed by atoms with van der Waals surface area (Å²) in [4.78, 5) is 6.28. The topological polar surface area (TPSA) is 34.1 Å². The lowest BCUT2D eigenvalue weighted by Gasteiger charge is -2.24. The Morgan fingerprint density at radius 1 is 1.30 bits per heavy atom. The third-order valence-electron chi connectivity index (χ3n) is 4.08. The van der Waals surface area contributed by atoms with Gasteiger partial charge in [0.1, 0.15) is 10.6 Å². The molecule has 20 heavy (non-hydrogen) atoms. The van der Waals surface area contributed by atoms with Crippen LogP contribution in [-0.2, 0) is 23.3 Å². The lowest BCUT2D eigenvalue weighted by atomic mass is 10.0. The highest BCUT2D eigenvalue weighted by atomic mass is 32.1. The quantitative estimate of drug-likeness (QED) is 0.891. The Hall–Kier alpha value is -0.450. The second-order valence-corrected chi connectivity index (χ2v) is 7.84. The maximum absolute atomic E-state index is 5.87. The molecule has 0 aliphatic heterocycles. The van der Waals surface area contributed by atoms with Gasteiger partial charge in [0, 0.05) is 24.1 Å². The summed E-state index contributed by atoms with van der Waals surface area (Å²) < 4.78 is 5.87. The molecule has 0 amide bonds. The van der Waals surface area contributed by atoms with Gasteiger partial charge in [-0.1, -0.05) is 19.8 Å². The van der Waals surface area contributed by atoms with Crippen LogP contribution >= 0.6 is 11.3 Å². The Morgan fingerprint density at radius 2 is 1.95 bits per heavy atom. The molecule has 1 aliphatic carbocycles. The maximum Gasteiger partial charge on any atom is 0.125 e. The molecule has 0 aromatic carbocycles. The normalized spacial score (nSPS) is 18.6. The molecule has 3 nitrogen and oxygen atoms in total. The molecular formula is C16H28N2OS. The molecule has 0 spiro atoms. The van der Waals surface area contributed by atoms with E-state index >= 15 is 0 Å². The standard InChI is InChI=1S/C16H28N2OS/c1-6-12-13(11-17-15(2,3)4)20-14(18-12)16(19-5)9-7-8-10-16/h17H,6-11H2,1-5H3. The van der Waals surface area contributed by atoms with Gasteiger partial charge in [0.15, 0.2) is 0 Å². The van der Waals surface area contributed by atoms with Gasteiger partial charge >= 0.3 is 0 Å². The fourth-order valence-electron chi connectivity index (χ4n) is 2.79. The molecule has 1 aliphatic rings. The number of nitrogens with zero attached hydrogens (tertiary/aromatic N) is 1. The fourth-order valence-corrected chi connectivity index (χ4v) is 4.10. The van der Waals surface area contributed by atoms with Crippen molar-refractivity contribution in [3.05, 3.63) is 15.6 Å². The molecule has 0 saturated heterocycles. The van der Waals surface area contributed by atoms with Crippen LogP contribution in [0.3, 0.4) is 0 Å². The van der Waals surface area contributed by atoms with Crippen molar-refractivity contribution in [2.45, 2.75) is 77.5 Å². The number of nitrogens with one attached hydrogen (secondary N) is 1. The first-order valence-corrected chi connectivity index (χ1v) is 8.51. The number of thiazole rings is 1. The van der Waals surface area contributed by atoms with Gasteiger partial charge in [-0.15, -0.1) is 11.3 Å².